The number of pyridine rings is 1. The molecule has 0 amide bonds. The van der Waals surface area contributed by atoms with E-state index in [0.29, 0.717) is 6.42 Å². The Morgan fingerprint density at radius 1 is 1.43 bits per heavy atom. The predicted molar refractivity (Wildman–Crippen MR) is 58.0 cm³/mol. The summed E-state index contributed by atoms with van der Waals surface area (Å²) in [4.78, 5) is 14.2. The summed E-state index contributed by atoms with van der Waals surface area (Å²) in [5.41, 5.74) is 6.22. The second kappa shape index (κ2) is 7.55. The second-order valence-corrected chi connectivity index (χ2v) is 2.50. The summed E-state index contributed by atoms with van der Waals surface area (Å²) in [7, 11) is 0. The van der Waals surface area contributed by atoms with E-state index in [1.807, 2.05) is 0 Å². The summed E-state index contributed by atoms with van der Waals surface area (Å²) in [6, 6.07) is 2.68. The molecule has 0 aliphatic rings. The number of rotatable bonds is 3. The lowest BCUT2D eigenvalue weighted by molar-refractivity contribution is -0.138. The van der Waals surface area contributed by atoms with Gasteiger partial charge in [-0.05, 0) is 24.1 Å². The van der Waals surface area contributed by atoms with Crippen LogP contribution in [0, 0.1) is 0 Å². The molecule has 6 heteroatoms. The molecule has 4 nitrogen and oxygen atoms in total. The van der Waals surface area contributed by atoms with Gasteiger partial charge in [0.25, 0.3) is 0 Å². The van der Waals surface area contributed by atoms with E-state index in [1.54, 1.807) is 24.5 Å². The van der Waals surface area contributed by atoms with Crippen LogP contribution in [-0.4, -0.2) is 22.1 Å². The molecule has 0 fully saturated rings. The standard InChI is InChI=1S/C8H10N2O2.2ClH/c9-7(8(11)12)5-6-1-3-10-4-2-6;;/h1-4,7H,5,9H2,(H,11,12);2*1H/t7-;;/m0../s1. The summed E-state index contributed by atoms with van der Waals surface area (Å²) in [6.45, 7) is 0. The Kier molecular flexibility index (Phi) is 8.43. The molecule has 0 spiro atoms. The van der Waals surface area contributed by atoms with Gasteiger partial charge < -0.3 is 10.8 Å². The third-order valence-electron chi connectivity index (χ3n) is 1.52. The molecule has 0 unspecified atom stereocenters. The van der Waals surface area contributed by atoms with Crippen molar-refractivity contribution >= 4 is 30.8 Å². The van der Waals surface area contributed by atoms with E-state index >= 15 is 0 Å². The van der Waals surface area contributed by atoms with Crippen LogP contribution in [0.4, 0.5) is 0 Å². The van der Waals surface area contributed by atoms with Gasteiger partial charge in [0.1, 0.15) is 6.04 Å². The molecule has 0 saturated heterocycles. The molecule has 0 saturated carbocycles. The summed E-state index contributed by atoms with van der Waals surface area (Å²) in [5.74, 6) is -0.980. The van der Waals surface area contributed by atoms with Gasteiger partial charge in [-0.15, -0.1) is 24.8 Å². The third-order valence-corrected chi connectivity index (χ3v) is 1.52. The van der Waals surface area contributed by atoms with Crippen LogP contribution in [0.5, 0.6) is 0 Å². The Balaban J connectivity index is 0. The van der Waals surface area contributed by atoms with Crippen molar-refractivity contribution in [3.8, 4) is 0 Å². The lowest BCUT2D eigenvalue weighted by Crippen LogP contribution is -2.32. The molecule has 80 valence electrons. The molecule has 0 aliphatic carbocycles. The molecule has 1 atom stereocenters. The number of aliphatic carboxylic acids is 1. The Morgan fingerprint density at radius 2 is 1.93 bits per heavy atom. The van der Waals surface area contributed by atoms with E-state index in [9.17, 15) is 4.79 Å². The molecule has 0 aromatic carbocycles. The summed E-state index contributed by atoms with van der Waals surface area (Å²) in [6.07, 6.45) is 3.58. The highest BCUT2D eigenvalue weighted by atomic mass is 35.5. The first-order valence-corrected chi connectivity index (χ1v) is 3.57. The number of nitrogens with two attached hydrogens (primary N) is 1. The van der Waals surface area contributed by atoms with Crippen molar-refractivity contribution in [1.29, 1.82) is 0 Å². The second-order valence-electron chi connectivity index (χ2n) is 2.50. The van der Waals surface area contributed by atoms with Crippen molar-refractivity contribution in [2.75, 3.05) is 0 Å². The van der Waals surface area contributed by atoms with Crippen LogP contribution in [0.15, 0.2) is 24.5 Å². The zero-order valence-electron chi connectivity index (χ0n) is 7.29. The fraction of sp³-hybridized carbons (Fsp3) is 0.250. The minimum Gasteiger partial charge on any atom is -0.480 e. The summed E-state index contributed by atoms with van der Waals surface area (Å²) in [5, 5.41) is 8.50. The van der Waals surface area contributed by atoms with Crippen LogP contribution < -0.4 is 5.73 Å². The largest absolute Gasteiger partial charge is 0.480 e. The molecular weight excluding hydrogens is 227 g/mol. The maximum Gasteiger partial charge on any atom is 0.320 e. The molecule has 1 aromatic heterocycles. The van der Waals surface area contributed by atoms with E-state index in [2.05, 4.69) is 4.98 Å². The topological polar surface area (TPSA) is 76.2 Å². The van der Waals surface area contributed by atoms with Crippen molar-refractivity contribution in [3.05, 3.63) is 30.1 Å². The minimum absolute atomic E-state index is 0. The van der Waals surface area contributed by atoms with Crippen molar-refractivity contribution in [3.63, 3.8) is 0 Å². The highest BCUT2D eigenvalue weighted by Crippen LogP contribution is 1.99. The highest BCUT2D eigenvalue weighted by molar-refractivity contribution is 5.85. The van der Waals surface area contributed by atoms with E-state index in [-0.39, 0.29) is 24.8 Å². The van der Waals surface area contributed by atoms with Gasteiger partial charge in [0.05, 0.1) is 0 Å². The Bertz CT molecular complexity index is 269. The van der Waals surface area contributed by atoms with Crippen molar-refractivity contribution in [2.24, 2.45) is 5.73 Å². The summed E-state index contributed by atoms with van der Waals surface area (Å²) >= 11 is 0. The number of nitrogens with zero attached hydrogens (tertiary/aromatic N) is 1. The van der Waals surface area contributed by atoms with Crippen LogP contribution in [-0.2, 0) is 11.2 Å². The SMILES string of the molecule is Cl.Cl.N[C@@H](Cc1ccncc1)C(=O)O. The van der Waals surface area contributed by atoms with Crippen molar-refractivity contribution in [2.45, 2.75) is 12.5 Å². The minimum atomic E-state index is -0.980. The van der Waals surface area contributed by atoms with Gasteiger partial charge in [-0.2, -0.15) is 0 Å². The molecule has 0 radical (unpaired) electrons. The Hall–Kier alpha value is -0.840. The van der Waals surface area contributed by atoms with E-state index in [4.69, 9.17) is 10.8 Å². The molecule has 1 rings (SSSR count). The molecule has 14 heavy (non-hydrogen) atoms. The fourth-order valence-corrected chi connectivity index (χ4v) is 0.860. The number of hydrogen-bond acceptors (Lipinski definition) is 3. The quantitative estimate of drug-likeness (QED) is 0.820. The van der Waals surface area contributed by atoms with Crippen LogP contribution >= 0.6 is 24.8 Å². The Labute approximate surface area is 94.3 Å². The highest BCUT2D eigenvalue weighted by Gasteiger charge is 2.11. The van der Waals surface area contributed by atoms with E-state index in [0.717, 1.165) is 5.56 Å². The average molecular weight is 239 g/mol. The van der Waals surface area contributed by atoms with Gasteiger partial charge in [-0.25, -0.2) is 0 Å². The molecule has 0 bridgehead atoms. The number of aromatic nitrogens is 1. The van der Waals surface area contributed by atoms with Crippen LogP contribution in [0.3, 0.4) is 0 Å². The molecule has 3 N–H and O–H groups in total. The van der Waals surface area contributed by atoms with Crippen molar-refractivity contribution in [1.82, 2.24) is 4.98 Å². The smallest absolute Gasteiger partial charge is 0.320 e. The van der Waals surface area contributed by atoms with E-state index in [1.165, 1.54) is 0 Å². The van der Waals surface area contributed by atoms with E-state index < -0.39 is 12.0 Å². The third kappa shape index (κ3) is 5.01. The number of carboxylic acid groups (broad SMARTS) is 1. The van der Waals surface area contributed by atoms with Gasteiger partial charge in [-0.3, -0.25) is 9.78 Å². The van der Waals surface area contributed by atoms with Gasteiger partial charge >= 0.3 is 5.97 Å². The first-order valence-electron chi connectivity index (χ1n) is 3.57. The molecule has 1 heterocycles. The fourth-order valence-electron chi connectivity index (χ4n) is 0.860. The van der Waals surface area contributed by atoms with Crippen molar-refractivity contribution < 1.29 is 9.90 Å². The predicted octanol–water partition coefficient (Wildman–Crippen LogP) is 0.880. The zero-order valence-corrected chi connectivity index (χ0v) is 8.92. The zero-order chi connectivity index (χ0) is 8.97. The Morgan fingerprint density at radius 3 is 2.36 bits per heavy atom. The first kappa shape index (κ1) is 15.6. The van der Waals surface area contributed by atoms with Crippen LogP contribution in [0.25, 0.3) is 0 Å². The van der Waals surface area contributed by atoms with Gasteiger partial charge in [0.2, 0.25) is 0 Å². The average Bonchev–Trinajstić information content (AvgIpc) is 2.06. The van der Waals surface area contributed by atoms with Crippen LogP contribution in [0.1, 0.15) is 5.56 Å². The monoisotopic (exact) mass is 238 g/mol. The normalized spacial score (nSPS) is 10.6. The number of carboxylic acids is 1. The molecule has 1 aromatic rings. The van der Waals surface area contributed by atoms with Gasteiger partial charge in [0, 0.05) is 12.4 Å². The maximum atomic E-state index is 10.4. The van der Waals surface area contributed by atoms with Gasteiger partial charge in [0.15, 0.2) is 0 Å². The summed E-state index contributed by atoms with van der Waals surface area (Å²) < 4.78 is 0. The first-order chi connectivity index (χ1) is 5.70. The maximum absolute atomic E-state index is 10.4. The number of halogens is 2. The molecule has 0 aliphatic heterocycles. The molecular formula is C8H12Cl2N2O2. The lowest BCUT2D eigenvalue weighted by atomic mass is 10.1. The van der Waals surface area contributed by atoms with Crippen LogP contribution in [0.2, 0.25) is 0 Å². The number of carbonyl (C=O) groups is 1. The number of hydrogen-bond donors (Lipinski definition) is 2. The lowest BCUT2D eigenvalue weighted by Gasteiger charge is -2.04. The van der Waals surface area contributed by atoms with Gasteiger partial charge in [-0.1, -0.05) is 0 Å².